The molecule has 7 heteroatoms. The Bertz CT molecular complexity index is 730. The van der Waals surface area contributed by atoms with Gasteiger partial charge in [0.2, 0.25) is 0 Å². The first-order valence-corrected chi connectivity index (χ1v) is 7.45. The number of anilines is 1. The van der Waals surface area contributed by atoms with E-state index >= 15 is 0 Å². The molecule has 0 aromatic heterocycles. The second-order valence-corrected chi connectivity index (χ2v) is 5.47. The number of hydrazone groups is 1. The molecule has 0 fully saturated rings. The number of nitrogens with one attached hydrogen (secondary N) is 1. The smallest absolute Gasteiger partial charge is 0.271 e. The number of nitrogens with zero attached hydrogens (tertiary/aromatic N) is 1. The van der Waals surface area contributed by atoms with Crippen LogP contribution < -0.4 is 20.6 Å². The summed E-state index contributed by atoms with van der Waals surface area (Å²) in [5.41, 5.74) is 9.76. The monoisotopic (exact) mass is 377 g/mol. The molecule has 0 bridgehead atoms. The van der Waals surface area contributed by atoms with Crippen molar-refractivity contribution < 1.29 is 14.3 Å². The van der Waals surface area contributed by atoms with Crippen LogP contribution in [0.15, 0.2) is 46.0 Å². The molecule has 2 aromatic carbocycles. The minimum absolute atomic E-state index is 0.331. The number of hydrogen-bond acceptors (Lipinski definition) is 5. The highest BCUT2D eigenvalue weighted by Gasteiger charge is 2.10. The van der Waals surface area contributed by atoms with Gasteiger partial charge in [-0.3, -0.25) is 4.79 Å². The van der Waals surface area contributed by atoms with E-state index in [0.29, 0.717) is 28.3 Å². The van der Waals surface area contributed by atoms with Crippen LogP contribution in [0.3, 0.4) is 0 Å². The molecule has 0 atom stereocenters. The molecule has 6 nitrogen and oxygen atoms in total. The molecule has 0 spiro atoms. The summed E-state index contributed by atoms with van der Waals surface area (Å²) in [6, 6.07) is 10.1. The third-order valence-electron chi connectivity index (χ3n) is 3.01. The lowest BCUT2D eigenvalue weighted by Crippen LogP contribution is -2.17. The summed E-state index contributed by atoms with van der Waals surface area (Å²) in [5, 5.41) is 3.95. The fourth-order valence-corrected chi connectivity index (χ4v) is 2.37. The number of carbonyl (C=O) groups is 1. The predicted octanol–water partition coefficient (Wildman–Crippen LogP) is 2.81. The first kappa shape index (κ1) is 16.8. The van der Waals surface area contributed by atoms with Crippen molar-refractivity contribution in [1.82, 2.24) is 5.43 Å². The molecule has 120 valence electrons. The van der Waals surface area contributed by atoms with Gasteiger partial charge in [0.15, 0.2) is 11.5 Å². The van der Waals surface area contributed by atoms with Crippen LogP contribution in [-0.4, -0.2) is 26.3 Å². The highest BCUT2D eigenvalue weighted by Crippen LogP contribution is 2.33. The average molecular weight is 378 g/mol. The Kier molecular flexibility index (Phi) is 5.59. The van der Waals surface area contributed by atoms with E-state index in [1.165, 1.54) is 13.3 Å². The second-order valence-electron chi connectivity index (χ2n) is 4.55. The minimum Gasteiger partial charge on any atom is -0.493 e. The van der Waals surface area contributed by atoms with Crippen LogP contribution in [0.25, 0.3) is 0 Å². The van der Waals surface area contributed by atoms with Crippen LogP contribution in [0.1, 0.15) is 15.9 Å². The number of ether oxygens (including phenoxy) is 2. The molecule has 0 saturated carbocycles. The van der Waals surface area contributed by atoms with Crippen LogP contribution in [0.4, 0.5) is 5.69 Å². The molecule has 2 aromatic rings. The quantitative estimate of drug-likeness (QED) is 0.476. The Morgan fingerprint density at radius 1 is 1.22 bits per heavy atom. The van der Waals surface area contributed by atoms with Crippen molar-refractivity contribution in [1.29, 1.82) is 0 Å². The maximum Gasteiger partial charge on any atom is 0.271 e. The second kappa shape index (κ2) is 7.64. The van der Waals surface area contributed by atoms with E-state index in [1.54, 1.807) is 43.5 Å². The molecule has 1 amide bonds. The third kappa shape index (κ3) is 4.23. The average Bonchev–Trinajstić information content (AvgIpc) is 2.54. The van der Waals surface area contributed by atoms with Crippen molar-refractivity contribution in [3.63, 3.8) is 0 Å². The van der Waals surface area contributed by atoms with Gasteiger partial charge in [0, 0.05) is 21.3 Å². The highest BCUT2D eigenvalue weighted by molar-refractivity contribution is 9.10. The van der Waals surface area contributed by atoms with Gasteiger partial charge in [-0.2, -0.15) is 5.10 Å². The van der Waals surface area contributed by atoms with Gasteiger partial charge in [-0.25, -0.2) is 5.43 Å². The van der Waals surface area contributed by atoms with E-state index in [0.717, 1.165) is 4.47 Å². The zero-order valence-corrected chi connectivity index (χ0v) is 14.3. The van der Waals surface area contributed by atoms with Gasteiger partial charge in [0.1, 0.15) is 0 Å². The summed E-state index contributed by atoms with van der Waals surface area (Å²) in [6.07, 6.45) is 1.49. The summed E-state index contributed by atoms with van der Waals surface area (Å²) < 4.78 is 11.4. The molecule has 0 aliphatic carbocycles. The maximum atomic E-state index is 12.0. The molecule has 23 heavy (non-hydrogen) atoms. The number of halogens is 1. The first-order valence-electron chi connectivity index (χ1n) is 6.65. The van der Waals surface area contributed by atoms with E-state index in [2.05, 4.69) is 26.5 Å². The molecular formula is C16H16BrN3O3. The van der Waals surface area contributed by atoms with Gasteiger partial charge in [-0.15, -0.1) is 0 Å². The summed E-state index contributed by atoms with van der Waals surface area (Å²) in [7, 11) is 3.09. The Morgan fingerprint density at radius 3 is 2.52 bits per heavy atom. The number of carbonyl (C=O) groups excluding carboxylic acids is 1. The Labute approximate surface area is 142 Å². The first-order chi connectivity index (χ1) is 11.0. The topological polar surface area (TPSA) is 85.9 Å². The van der Waals surface area contributed by atoms with Gasteiger partial charge in [0.05, 0.1) is 20.4 Å². The van der Waals surface area contributed by atoms with Crippen LogP contribution in [0.2, 0.25) is 0 Å². The lowest BCUT2D eigenvalue weighted by molar-refractivity contribution is 0.0955. The standard InChI is InChI=1S/C16H16BrN3O3/c1-22-14-8-12(17)7-11(15(14)23-2)9-19-20-16(21)10-3-5-13(18)6-4-10/h3-9H,18H2,1-2H3,(H,20,21)/b19-9-. The number of amides is 1. The zero-order valence-electron chi connectivity index (χ0n) is 12.7. The van der Waals surface area contributed by atoms with Crippen LogP contribution in [0, 0.1) is 0 Å². The normalized spacial score (nSPS) is 10.6. The van der Waals surface area contributed by atoms with Crippen LogP contribution in [-0.2, 0) is 0 Å². The molecule has 0 radical (unpaired) electrons. The molecular weight excluding hydrogens is 362 g/mol. The van der Waals surface area contributed by atoms with Gasteiger partial charge in [-0.05, 0) is 36.4 Å². The molecule has 0 heterocycles. The zero-order chi connectivity index (χ0) is 16.8. The van der Waals surface area contributed by atoms with E-state index in [1.807, 2.05) is 0 Å². The van der Waals surface area contributed by atoms with Crippen molar-refractivity contribution in [3.05, 3.63) is 52.0 Å². The van der Waals surface area contributed by atoms with Gasteiger partial charge >= 0.3 is 0 Å². The van der Waals surface area contributed by atoms with Crippen molar-refractivity contribution in [2.75, 3.05) is 20.0 Å². The van der Waals surface area contributed by atoms with Crippen molar-refractivity contribution in [2.45, 2.75) is 0 Å². The van der Waals surface area contributed by atoms with Crippen molar-refractivity contribution >= 4 is 33.7 Å². The van der Waals surface area contributed by atoms with Crippen molar-refractivity contribution in [3.8, 4) is 11.5 Å². The van der Waals surface area contributed by atoms with E-state index in [-0.39, 0.29) is 5.91 Å². The number of methoxy groups -OCH3 is 2. The van der Waals surface area contributed by atoms with Gasteiger partial charge in [-0.1, -0.05) is 15.9 Å². The number of hydrogen-bond donors (Lipinski definition) is 2. The highest BCUT2D eigenvalue weighted by atomic mass is 79.9. The lowest BCUT2D eigenvalue weighted by atomic mass is 10.2. The predicted molar refractivity (Wildman–Crippen MR) is 93.2 cm³/mol. The molecule has 0 aliphatic rings. The Balaban J connectivity index is 2.15. The summed E-state index contributed by atoms with van der Waals surface area (Å²) >= 11 is 3.39. The van der Waals surface area contributed by atoms with E-state index < -0.39 is 0 Å². The number of nitrogen functional groups attached to an aromatic ring is 1. The fraction of sp³-hybridized carbons (Fsp3) is 0.125. The molecule has 0 unspecified atom stereocenters. The number of rotatable bonds is 5. The minimum atomic E-state index is -0.331. The third-order valence-corrected chi connectivity index (χ3v) is 3.47. The Hall–Kier alpha value is -2.54. The van der Waals surface area contributed by atoms with E-state index in [9.17, 15) is 4.79 Å². The summed E-state index contributed by atoms with van der Waals surface area (Å²) in [6.45, 7) is 0. The molecule has 0 saturated heterocycles. The fourth-order valence-electron chi connectivity index (χ4n) is 1.91. The number of benzene rings is 2. The Morgan fingerprint density at radius 2 is 1.91 bits per heavy atom. The lowest BCUT2D eigenvalue weighted by Gasteiger charge is -2.10. The van der Waals surface area contributed by atoms with Crippen molar-refractivity contribution in [2.24, 2.45) is 5.10 Å². The van der Waals surface area contributed by atoms with Crippen LogP contribution >= 0.6 is 15.9 Å². The number of nitrogens with two attached hydrogens (primary N) is 1. The molecule has 2 rings (SSSR count). The largest absolute Gasteiger partial charge is 0.493 e. The van der Waals surface area contributed by atoms with Gasteiger partial charge < -0.3 is 15.2 Å². The van der Waals surface area contributed by atoms with Crippen LogP contribution in [0.5, 0.6) is 11.5 Å². The maximum absolute atomic E-state index is 12.0. The summed E-state index contributed by atoms with van der Waals surface area (Å²) in [5.74, 6) is 0.761. The van der Waals surface area contributed by atoms with E-state index in [4.69, 9.17) is 15.2 Å². The summed E-state index contributed by atoms with van der Waals surface area (Å²) in [4.78, 5) is 12.0. The molecule has 0 aliphatic heterocycles. The SMILES string of the molecule is COc1cc(Br)cc(/C=N\NC(=O)c2ccc(N)cc2)c1OC. The molecule has 3 N–H and O–H groups in total. The van der Waals surface area contributed by atoms with Gasteiger partial charge in [0.25, 0.3) is 5.91 Å².